The van der Waals surface area contributed by atoms with Crippen molar-refractivity contribution in [3.05, 3.63) is 35.3 Å². The number of nitrogens with two attached hydrogens (primary N) is 1. The lowest BCUT2D eigenvalue weighted by Crippen LogP contribution is -2.00. The van der Waals surface area contributed by atoms with Crippen molar-refractivity contribution < 1.29 is 4.39 Å². The van der Waals surface area contributed by atoms with Gasteiger partial charge in [-0.05, 0) is 49.6 Å². The summed E-state index contributed by atoms with van der Waals surface area (Å²) < 4.78 is 15.7. The van der Waals surface area contributed by atoms with Crippen molar-refractivity contribution in [1.29, 1.82) is 0 Å². The molecule has 16 heavy (non-hydrogen) atoms. The van der Waals surface area contributed by atoms with Crippen LogP contribution in [0.25, 0.3) is 10.9 Å². The lowest BCUT2D eigenvalue weighted by Gasteiger charge is -2.04. The first kappa shape index (κ1) is 11.1. The minimum Gasteiger partial charge on any atom is -0.348 e. The fourth-order valence-electron chi connectivity index (χ4n) is 2.19. The molecule has 2 aromatic rings. The number of hydrogen-bond donors (Lipinski definition) is 1. The summed E-state index contributed by atoms with van der Waals surface area (Å²) in [6, 6.07) is 3.70. The Morgan fingerprint density at radius 1 is 1.38 bits per heavy atom. The normalized spacial score (nSPS) is 11.2. The molecule has 0 bridgehead atoms. The zero-order chi connectivity index (χ0) is 11.7. The first-order valence-corrected chi connectivity index (χ1v) is 5.57. The first-order chi connectivity index (χ1) is 7.63. The van der Waals surface area contributed by atoms with Gasteiger partial charge in [0.15, 0.2) is 0 Å². The molecule has 2 rings (SSSR count). The fraction of sp³-hybridized carbons (Fsp3) is 0.385. The SMILES string of the molecule is Cc1cn(C)c2c(F)cc(CCCN)cc12. The van der Waals surface area contributed by atoms with Crippen LogP contribution in [0.3, 0.4) is 0 Å². The Morgan fingerprint density at radius 2 is 2.12 bits per heavy atom. The minimum atomic E-state index is -0.139. The molecule has 0 amide bonds. The van der Waals surface area contributed by atoms with Gasteiger partial charge < -0.3 is 10.3 Å². The van der Waals surface area contributed by atoms with E-state index in [9.17, 15) is 4.39 Å². The van der Waals surface area contributed by atoms with E-state index in [1.807, 2.05) is 24.7 Å². The van der Waals surface area contributed by atoms with Crippen molar-refractivity contribution in [3.63, 3.8) is 0 Å². The van der Waals surface area contributed by atoms with Gasteiger partial charge in [-0.2, -0.15) is 0 Å². The zero-order valence-corrected chi connectivity index (χ0v) is 9.76. The molecule has 0 aliphatic carbocycles. The van der Waals surface area contributed by atoms with Gasteiger partial charge in [0.2, 0.25) is 0 Å². The monoisotopic (exact) mass is 220 g/mol. The van der Waals surface area contributed by atoms with Crippen LogP contribution in [-0.2, 0) is 13.5 Å². The van der Waals surface area contributed by atoms with Crippen molar-refractivity contribution in [3.8, 4) is 0 Å². The standard InChI is InChI=1S/C13H17FN2/c1-9-8-16(2)13-11(9)6-10(4-3-5-15)7-12(13)14/h6-8H,3-5,15H2,1-2H3. The van der Waals surface area contributed by atoms with Crippen molar-refractivity contribution in [2.24, 2.45) is 12.8 Å². The molecule has 0 atom stereocenters. The van der Waals surface area contributed by atoms with Crippen molar-refractivity contribution in [2.45, 2.75) is 19.8 Å². The third-order valence-corrected chi connectivity index (χ3v) is 2.96. The summed E-state index contributed by atoms with van der Waals surface area (Å²) in [4.78, 5) is 0. The molecule has 86 valence electrons. The molecule has 1 heterocycles. The van der Waals surface area contributed by atoms with Gasteiger partial charge in [-0.25, -0.2) is 4.39 Å². The number of fused-ring (bicyclic) bond motifs is 1. The number of halogens is 1. The summed E-state index contributed by atoms with van der Waals surface area (Å²) in [5.41, 5.74) is 8.30. The van der Waals surface area contributed by atoms with Gasteiger partial charge in [0.25, 0.3) is 0 Å². The molecule has 3 heteroatoms. The van der Waals surface area contributed by atoms with Crippen LogP contribution in [0.4, 0.5) is 4.39 Å². The Hall–Kier alpha value is -1.35. The lowest BCUT2D eigenvalue weighted by atomic mass is 10.1. The fourth-order valence-corrected chi connectivity index (χ4v) is 2.19. The van der Waals surface area contributed by atoms with E-state index in [1.54, 1.807) is 6.07 Å². The van der Waals surface area contributed by atoms with Crippen LogP contribution in [0, 0.1) is 12.7 Å². The van der Waals surface area contributed by atoms with Crippen molar-refractivity contribution in [1.82, 2.24) is 4.57 Å². The Balaban J connectivity index is 2.53. The van der Waals surface area contributed by atoms with Crippen LogP contribution in [0.1, 0.15) is 17.5 Å². The van der Waals surface area contributed by atoms with Gasteiger partial charge in [0, 0.05) is 18.6 Å². The maximum Gasteiger partial charge on any atom is 0.147 e. The Bertz CT molecular complexity index is 514. The third kappa shape index (κ3) is 1.83. The number of nitrogens with zero attached hydrogens (tertiary/aromatic N) is 1. The van der Waals surface area contributed by atoms with E-state index >= 15 is 0 Å². The highest BCUT2D eigenvalue weighted by Crippen LogP contribution is 2.24. The summed E-state index contributed by atoms with van der Waals surface area (Å²) in [5.74, 6) is -0.139. The number of aryl methyl sites for hydroxylation is 3. The molecule has 0 unspecified atom stereocenters. The topological polar surface area (TPSA) is 30.9 Å². The molecule has 0 saturated carbocycles. The second-order valence-corrected chi connectivity index (χ2v) is 4.29. The van der Waals surface area contributed by atoms with E-state index < -0.39 is 0 Å². The molecule has 0 spiro atoms. The third-order valence-electron chi connectivity index (χ3n) is 2.96. The average Bonchev–Trinajstić information content (AvgIpc) is 2.52. The van der Waals surface area contributed by atoms with E-state index in [2.05, 4.69) is 6.07 Å². The van der Waals surface area contributed by atoms with Gasteiger partial charge in [-0.3, -0.25) is 0 Å². The smallest absolute Gasteiger partial charge is 0.147 e. The molecular formula is C13H17FN2. The molecule has 0 aliphatic heterocycles. The lowest BCUT2D eigenvalue weighted by molar-refractivity contribution is 0.629. The summed E-state index contributed by atoms with van der Waals surface area (Å²) in [5, 5.41) is 1.01. The quantitative estimate of drug-likeness (QED) is 0.846. The molecule has 2 nitrogen and oxygen atoms in total. The van der Waals surface area contributed by atoms with E-state index in [0.29, 0.717) is 12.1 Å². The predicted molar refractivity (Wildman–Crippen MR) is 65.0 cm³/mol. The predicted octanol–water partition coefficient (Wildman–Crippen LogP) is 2.52. The maximum atomic E-state index is 13.9. The zero-order valence-electron chi connectivity index (χ0n) is 9.76. The number of benzene rings is 1. The average molecular weight is 220 g/mol. The number of hydrogen-bond acceptors (Lipinski definition) is 1. The van der Waals surface area contributed by atoms with Crippen LogP contribution < -0.4 is 5.73 Å². The molecule has 1 aromatic heterocycles. The Kier molecular flexibility index (Phi) is 2.97. The molecule has 0 aliphatic rings. The van der Waals surface area contributed by atoms with Gasteiger partial charge in [-0.15, -0.1) is 0 Å². The van der Waals surface area contributed by atoms with Gasteiger partial charge in [0.1, 0.15) is 5.82 Å². The van der Waals surface area contributed by atoms with Crippen LogP contribution in [0.15, 0.2) is 18.3 Å². The molecule has 0 radical (unpaired) electrons. The Labute approximate surface area is 94.9 Å². The minimum absolute atomic E-state index is 0.139. The highest BCUT2D eigenvalue weighted by Gasteiger charge is 2.09. The Morgan fingerprint density at radius 3 is 2.81 bits per heavy atom. The van der Waals surface area contributed by atoms with E-state index in [1.165, 1.54) is 0 Å². The molecular weight excluding hydrogens is 203 g/mol. The molecule has 0 saturated heterocycles. The summed E-state index contributed by atoms with van der Waals surface area (Å²) in [6.45, 7) is 2.65. The van der Waals surface area contributed by atoms with E-state index in [4.69, 9.17) is 5.73 Å². The van der Waals surface area contributed by atoms with Crippen LogP contribution in [-0.4, -0.2) is 11.1 Å². The van der Waals surface area contributed by atoms with Crippen LogP contribution in [0.2, 0.25) is 0 Å². The summed E-state index contributed by atoms with van der Waals surface area (Å²) >= 11 is 0. The second-order valence-electron chi connectivity index (χ2n) is 4.29. The maximum absolute atomic E-state index is 13.9. The summed E-state index contributed by atoms with van der Waals surface area (Å²) in [6.07, 6.45) is 3.70. The van der Waals surface area contributed by atoms with Crippen LogP contribution >= 0.6 is 0 Å². The largest absolute Gasteiger partial charge is 0.348 e. The van der Waals surface area contributed by atoms with Crippen molar-refractivity contribution in [2.75, 3.05) is 6.54 Å². The van der Waals surface area contributed by atoms with Crippen molar-refractivity contribution >= 4 is 10.9 Å². The molecule has 2 N–H and O–H groups in total. The van der Waals surface area contributed by atoms with Crippen LogP contribution in [0.5, 0.6) is 0 Å². The second kappa shape index (κ2) is 4.26. The molecule has 1 aromatic carbocycles. The highest BCUT2D eigenvalue weighted by atomic mass is 19.1. The molecule has 0 fully saturated rings. The van der Waals surface area contributed by atoms with Gasteiger partial charge >= 0.3 is 0 Å². The first-order valence-electron chi connectivity index (χ1n) is 5.57. The van der Waals surface area contributed by atoms with E-state index in [0.717, 1.165) is 29.4 Å². The summed E-state index contributed by atoms with van der Waals surface area (Å²) in [7, 11) is 1.87. The number of rotatable bonds is 3. The van der Waals surface area contributed by atoms with E-state index in [-0.39, 0.29) is 5.82 Å². The highest BCUT2D eigenvalue weighted by molar-refractivity contribution is 5.85. The van der Waals surface area contributed by atoms with Gasteiger partial charge in [-0.1, -0.05) is 0 Å². The van der Waals surface area contributed by atoms with Gasteiger partial charge in [0.05, 0.1) is 5.52 Å². The number of aromatic nitrogens is 1.